The van der Waals surface area contributed by atoms with Crippen molar-refractivity contribution in [1.29, 1.82) is 0 Å². The summed E-state index contributed by atoms with van der Waals surface area (Å²) in [5, 5.41) is 17.1. The number of carbonyl (C=O) groups excluding carboxylic acids is 1. The third-order valence-corrected chi connectivity index (χ3v) is 4.45. The SMILES string of the molecule is O=C(NCc1cn(-c2ccsc2)nn1)c1cccc2ccccc12. The van der Waals surface area contributed by atoms with Crippen LogP contribution in [-0.4, -0.2) is 20.9 Å². The maximum Gasteiger partial charge on any atom is 0.252 e. The van der Waals surface area contributed by atoms with Gasteiger partial charge in [0.1, 0.15) is 5.69 Å². The standard InChI is InChI=1S/C18H14N4OS/c23-18(17-7-3-5-13-4-1-2-6-16(13)17)19-10-14-11-22(21-20-14)15-8-9-24-12-15/h1-9,11-12H,10H2,(H,19,23). The Hall–Kier alpha value is -2.99. The van der Waals surface area contributed by atoms with Crippen molar-refractivity contribution in [3.05, 3.63) is 76.7 Å². The first-order chi connectivity index (χ1) is 11.8. The first-order valence-corrected chi connectivity index (χ1v) is 8.45. The summed E-state index contributed by atoms with van der Waals surface area (Å²) in [6, 6.07) is 15.5. The van der Waals surface area contributed by atoms with E-state index in [2.05, 4.69) is 15.6 Å². The fourth-order valence-electron chi connectivity index (χ4n) is 2.58. The van der Waals surface area contributed by atoms with E-state index in [-0.39, 0.29) is 5.91 Å². The van der Waals surface area contributed by atoms with Crippen molar-refractivity contribution in [1.82, 2.24) is 20.3 Å². The fourth-order valence-corrected chi connectivity index (χ4v) is 3.21. The van der Waals surface area contributed by atoms with E-state index >= 15 is 0 Å². The molecule has 0 radical (unpaired) electrons. The van der Waals surface area contributed by atoms with Gasteiger partial charge < -0.3 is 5.32 Å². The Balaban J connectivity index is 1.50. The Labute approximate surface area is 142 Å². The Morgan fingerprint density at radius 2 is 2.00 bits per heavy atom. The molecule has 0 fully saturated rings. The molecule has 0 unspecified atom stereocenters. The zero-order chi connectivity index (χ0) is 16.4. The van der Waals surface area contributed by atoms with Crippen LogP contribution >= 0.6 is 11.3 Å². The first kappa shape index (κ1) is 14.6. The normalized spacial score (nSPS) is 10.8. The summed E-state index contributed by atoms with van der Waals surface area (Å²) >= 11 is 1.60. The summed E-state index contributed by atoms with van der Waals surface area (Å²) in [6.07, 6.45) is 1.82. The van der Waals surface area contributed by atoms with Crippen molar-refractivity contribution in [3.63, 3.8) is 0 Å². The number of nitrogens with zero attached hydrogens (tertiary/aromatic N) is 3. The van der Waals surface area contributed by atoms with Crippen molar-refractivity contribution < 1.29 is 4.79 Å². The van der Waals surface area contributed by atoms with Crippen LogP contribution in [-0.2, 0) is 6.54 Å². The highest BCUT2D eigenvalue weighted by Crippen LogP contribution is 2.18. The molecule has 2 aromatic heterocycles. The van der Waals surface area contributed by atoms with Crippen LogP contribution in [0, 0.1) is 0 Å². The molecule has 0 saturated carbocycles. The number of aromatic nitrogens is 3. The average molecular weight is 334 g/mol. The summed E-state index contributed by atoms with van der Waals surface area (Å²) in [5.41, 5.74) is 2.35. The molecule has 4 aromatic rings. The summed E-state index contributed by atoms with van der Waals surface area (Å²) in [5.74, 6) is -0.114. The van der Waals surface area contributed by atoms with Crippen molar-refractivity contribution in [3.8, 4) is 5.69 Å². The molecular weight excluding hydrogens is 320 g/mol. The molecule has 118 valence electrons. The van der Waals surface area contributed by atoms with E-state index < -0.39 is 0 Å². The molecule has 0 aliphatic rings. The molecule has 2 aromatic carbocycles. The van der Waals surface area contributed by atoms with E-state index in [1.54, 1.807) is 16.0 Å². The molecule has 0 aliphatic carbocycles. The second-order valence-corrected chi connectivity index (χ2v) is 6.13. The topological polar surface area (TPSA) is 59.8 Å². The summed E-state index contributed by atoms with van der Waals surface area (Å²) in [6.45, 7) is 0.339. The van der Waals surface area contributed by atoms with Crippen LogP contribution in [0.4, 0.5) is 0 Å². The third-order valence-electron chi connectivity index (χ3n) is 3.78. The number of hydrogen-bond donors (Lipinski definition) is 1. The predicted molar refractivity (Wildman–Crippen MR) is 94.4 cm³/mol. The fraction of sp³-hybridized carbons (Fsp3) is 0.0556. The molecule has 6 heteroatoms. The zero-order valence-electron chi connectivity index (χ0n) is 12.7. The molecule has 2 heterocycles. The molecule has 1 amide bonds. The Kier molecular flexibility index (Phi) is 3.80. The molecule has 24 heavy (non-hydrogen) atoms. The molecule has 0 bridgehead atoms. The lowest BCUT2D eigenvalue weighted by Crippen LogP contribution is -2.23. The molecule has 0 atom stereocenters. The molecule has 1 N–H and O–H groups in total. The van der Waals surface area contributed by atoms with Crippen molar-refractivity contribution in [2.24, 2.45) is 0 Å². The molecule has 0 saturated heterocycles. The second-order valence-electron chi connectivity index (χ2n) is 5.35. The number of benzene rings is 2. The minimum atomic E-state index is -0.114. The largest absolute Gasteiger partial charge is 0.346 e. The van der Waals surface area contributed by atoms with Crippen LogP contribution in [0.25, 0.3) is 16.5 Å². The highest BCUT2D eigenvalue weighted by atomic mass is 32.1. The van der Waals surface area contributed by atoms with Crippen LogP contribution in [0.15, 0.2) is 65.5 Å². The molecule has 5 nitrogen and oxygen atoms in total. The Morgan fingerprint density at radius 1 is 1.12 bits per heavy atom. The minimum Gasteiger partial charge on any atom is -0.346 e. The number of nitrogens with one attached hydrogen (secondary N) is 1. The van der Waals surface area contributed by atoms with Gasteiger partial charge in [-0.15, -0.1) is 5.10 Å². The van der Waals surface area contributed by atoms with E-state index in [4.69, 9.17) is 0 Å². The van der Waals surface area contributed by atoms with E-state index in [9.17, 15) is 4.79 Å². The molecule has 0 aliphatic heterocycles. The van der Waals surface area contributed by atoms with Gasteiger partial charge in [-0.25, -0.2) is 4.68 Å². The smallest absolute Gasteiger partial charge is 0.252 e. The molecule has 0 spiro atoms. The van der Waals surface area contributed by atoms with E-state index in [1.165, 1.54) is 0 Å². The summed E-state index contributed by atoms with van der Waals surface area (Å²) < 4.78 is 1.70. The van der Waals surface area contributed by atoms with Crippen molar-refractivity contribution in [2.45, 2.75) is 6.54 Å². The van der Waals surface area contributed by atoms with Gasteiger partial charge in [-0.3, -0.25) is 4.79 Å². The van der Waals surface area contributed by atoms with Gasteiger partial charge in [-0.2, -0.15) is 11.3 Å². The lowest BCUT2D eigenvalue weighted by molar-refractivity contribution is 0.0952. The van der Waals surface area contributed by atoms with Gasteiger partial charge in [0, 0.05) is 10.9 Å². The number of carbonyl (C=O) groups is 1. The second kappa shape index (κ2) is 6.25. The maximum absolute atomic E-state index is 12.5. The molecular formula is C18H14N4OS. The van der Waals surface area contributed by atoms with Crippen molar-refractivity contribution >= 4 is 28.0 Å². The molecule has 4 rings (SSSR count). The monoisotopic (exact) mass is 334 g/mol. The van der Waals surface area contributed by atoms with Gasteiger partial charge in [-0.1, -0.05) is 41.6 Å². The average Bonchev–Trinajstić information content (AvgIpc) is 3.30. The number of rotatable bonds is 4. The van der Waals surface area contributed by atoms with Gasteiger partial charge >= 0.3 is 0 Å². The van der Waals surface area contributed by atoms with E-state index in [1.807, 2.05) is 65.5 Å². The van der Waals surface area contributed by atoms with Crippen LogP contribution in [0.3, 0.4) is 0 Å². The quantitative estimate of drug-likeness (QED) is 0.622. The van der Waals surface area contributed by atoms with Gasteiger partial charge in [0.25, 0.3) is 5.91 Å². The minimum absolute atomic E-state index is 0.114. The lowest BCUT2D eigenvalue weighted by atomic mass is 10.0. The number of fused-ring (bicyclic) bond motifs is 1. The zero-order valence-corrected chi connectivity index (χ0v) is 13.5. The number of amides is 1. The Morgan fingerprint density at radius 3 is 2.88 bits per heavy atom. The number of thiophene rings is 1. The van der Waals surface area contributed by atoms with Crippen LogP contribution in [0.2, 0.25) is 0 Å². The van der Waals surface area contributed by atoms with Crippen LogP contribution in [0.5, 0.6) is 0 Å². The predicted octanol–water partition coefficient (Wildman–Crippen LogP) is 3.41. The van der Waals surface area contributed by atoms with Crippen LogP contribution < -0.4 is 5.32 Å². The van der Waals surface area contributed by atoms with Gasteiger partial charge in [-0.05, 0) is 28.3 Å². The lowest BCUT2D eigenvalue weighted by Gasteiger charge is -2.06. The van der Waals surface area contributed by atoms with Crippen LogP contribution in [0.1, 0.15) is 16.1 Å². The van der Waals surface area contributed by atoms with Gasteiger partial charge in [0.15, 0.2) is 0 Å². The first-order valence-electron chi connectivity index (χ1n) is 7.51. The Bertz CT molecular complexity index is 986. The summed E-state index contributed by atoms with van der Waals surface area (Å²) in [4.78, 5) is 12.5. The van der Waals surface area contributed by atoms with Gasteiger partial charge in [0.05, 0.1) is 18.4 Å². The highest BCUT2D eigenvalue weighted by molar-refractivity contribution is 7.08. The summed E-state index contributed by atoms with van der Waals surface area (Å²) in [7, 11) is 0. The maximum atomic E-state index is 12.5. The van der Waals surface area contributed by atoms with Crippen molar-refractivity contribution in [2.75, 3.05) is 0 Å². The van der Waals surface area contributed by atoms with E-state index in [0.29, 0.717) is 12.1 Å². The third kappa shape index (κ3) is 2.79. The van der Waals surface area contributed by atoms with E-state index in [0.717, 1.165) is 22.2 Å². The number of hydrogen-bond acceptors (Lipinski definition) is 4. The van der Waals surface area contributed by atoms with Gasteiger partial charge in [0.2, 0.25) is 0 Å². The highest BCUT2D eigenvalue weighted by Gasteiger charge is 2.10.